The first kappa shape index (κ1) is 17.5. The van der Waals surface area contributed by atoms with Gasteiger partial charge in [-0.15, -0.1) is 12.4 Å². The molecule has 0 bridgehead atoms. The van der Waals surface area contributed by atoms with Gasteiger partial charge in [-0.25, -0.2) is 4.79 Å². The van der Waals surface area contributed by atoms with Crippen molar-refractivity contribution in [2.75, 3.05) is 20.6 Å². The van der Waals surface area contributed by atoms with Gasteiger partial charge in [-0.1, -0.05) is 48.5 Å². The molecule has 0 fully saturated rings. The van der Waals surface area contributed by atoms with E-state index in [0.717, 1.165) is 30.5 Å². The van der Waals surface area contributed by atoms with Gasteiger partial charge in [0.2, 0.25) is 0 Å². The summed E-state index contributed by atoms with van der Waals surface area (Å²) in [6.45, 7) is 0.967. The number of fused-ring (bicyclic) bond motifs is 1. The van der Waals surface area contributed by atoms with Gasteiger partial charge in [0.05, 0.1) is 5.56 Å². The Bertz CT molecular complexity index is 672. The first-order valence-corrected chi connectivity index (χ1v) is 7.66. The lowest BCUT2D eigenvalue weighted by Crippen LogP contribution is -2.29. The number of halogens is 1. The van der Waals surface area contributed by atoms with Gasteiger partial charge in [0.15, 0.2) is 5.60 Å². The number of carbonyl (C=O) groups excluding carboxylic acids is 1. The van der Waals surface area contributed by atoms with Crippen LogP contribution in [0, 0.1) is 0 Å². The van der Waals surface area contributed by atoms with Gasteiger partial charge >= 0.3 is 5.97 Å². The van der Waals surface area contributed by atoms with E-state index in [1.54, 1.807) is 0 Å². The number of ether oxygens (including phenoxy) is 1. The predicted molar refractivity (Wildman–Crippen MR) is 94.1 cm³/mol. The first-order chi connectivity index (χ1) is 10.6. The molecule has 0 aliphatic carbocycles. The van der Waals surface area contributed by atoms with Gasteiger partial charge in [0.25, 0.3) is 0 Å². The average molecular weight is 332 g/mol. The molecule has 1 heterocycles. The number of esters is 1. The number of rotatable bonds is 5. The minimum atomic E-state index is -0.648. The highest BCUT2D eigenvalue weighted by Gasteiger charge is 2.46. The van der Waals surface area contributed by atoms with Crippen molar-refractivity contribution in [2.45, 2.75) is 18.4 Å². The molecule has 1 aliphatic heterocycles. The standard InChI is InChI=1S/C19H21NO2.ClH/c1-20(2)14-8-13-19(15-9-4-3-5-10-15)17-12-7-6-11-16(17)18(21)22-19;/h3-7,9-12H,8,13-14H2,1-2H3;1H. The minimum Gasteiger partial charge on any atom is -0.446 e. The van der Waals surface area contributed by atoms with Gasteiger partial charge in [0.1, 0.15) is 0 Å². The molecule has 1 atom stereocenters. The summed E-state index contributed by atoms with van der Waals surface area (Å²) in [4.78, 5) is 14.5. The molecule has 4 heteroatoms. The molecule has 0 aromatic heterocycles. The number of benzene rings is 2. The summed E-state index contributed by atoms with van der Waals surface area (Å²) in [5.74, 6) is -0.218. The second-order valence-electron chi connectivity index (χ2n) is 6.03. The van der Waals surface area contributed by atoms with Crippen LogP contribution in [0.4, 0.5) is 0 Å². The summed E-state index contributed by atoms with van der Waals surface area (Å²) >= 11 is 0. The second kappa shape index (κ2) is 7.16. The van der Waals surface area contributed by atoms with Crippen LogP contribution in [0.5, 0.6) is 0 Å². The number of hydrogen-bond donors (Lipinski definition) is 0. The molecule has 0 amide bonds. The molecule has 0 saturated heterocycles. The maximum Gasteiger partial charge on any atom is 0.339 e. The Morgan fingerprint density at radius 2 is 1.65 bits per heavy atom. The van der Waals surface area contributed by atoms with Crippen molar-refractivity contribution < 1.29 is 9.53 Å². The summed E-state index contributed by atoms with van der Waals surface area (Å²) < 4.78 is 5.93. The van der Waals surface area contributed by atoms with E-state index in [1.807, 2.05) is 54.6 Å². The molecule has 2 aromatic rings. The molecule has 23 heavy (non-hydrogen) atoms. The Hall–Kier alpha value is -1.84. The van der Waals surface area contributed by atoms with Crippen molar-refractivity contribution in [1.29, 1.82) is 0 Å². The maximum atomic E-state index is 12.3. The van der Waals surface area contributed by atoms with Crippen LogP contribution in [-0.4, -0.2) is 31.5 Å². The predicted octanol–water partition coefficient (Wildman–Crippen LogP) is 3.86. The van der Waals surface area contributed by atoms with Gasteiger partial charge in [0, 0.05) is 11.1 Å². The topological polar surface area (TPSA) is 29.5 Å². The van der Waals surface area contributed by atoms with E-state index in [9.17, 15) is 4.79 Å². The monoisotopic (exact) mass is 331 g/mol. The SMILES string of the molecule is CN(C)CCCC1(c2ccccc2)OC(=O)c2ccccc21.Cl. The van der Waals surface area contributed by atoms with Crippen LogP contribution in [-0.2, 0) is 10.3 Å². The largest absolute Gasteiger partial charge is 0.446 e. The van der Waals surface area contributed by atoms with Gasteiger partial charge in [-0.3, -0.25) is 0 Å². The normalized spacial score (nSPS) is 19.2. The van der Waals surface area contributed by atoms with Crippen LogP contribution in [0.25, 0.3) is 0 Å². The third-order valence-corrected chi connectivity index (χ3v) is 4.22. The summed E-state index contributed by atoms with van der Waals surface area (Å²) in [5, 5.41) is 0. The zero-order valence-electron chi connectivity index (χ0n) is 13.5. The fraction of sp³-hybridized carbons (Fsp3) is 0.316. The molecule has 2 aromatic carbocycles. The molecule has 0 N–H and O–H groups in total. The van der Waals surface area contributed by atoms with Crippen molar-refractivity contribution in [2.24, 2.45) is 0 Å². The fourth-order valence-electron chi connectivity index (χ4n) is 3.18. The Morgan fingerprint density at radius 3 is 2.35 bits per heavy atom. The van der Waals surface area contributed by atoms with Crippen LogP contribution < -0.4 is 0 Å². The summed E-state index contributed by atoms with van der Waals surface area (Å²) in [7, 11) is 4.12. The molecule has 1 unspecified atom stereocenters. The van der Waals surface area contributed by atoms with Crippen LogP contribution >= 0.6 is 12.4 Å². The molecule has 0 radical (unpaired) electrons. The third-order valence-electron chi connectivity index (χ3n) is 4.22. The van der Waals surface area contributed by atoms with Crippen molar-refractivity contribution in [3.63, 3.8) is 0 Å². The Balaban J connectivity index is 0.00000192. The molecule has 1 aliphatic rings. The molecule has 122 valence electrons. The molecule has 3 rings (SSSR count). The minimum absolute atomic E-state index is 0. The van der Waals surface area contributed by atoms with E-state index >= 15 is 0 Å². The quantitative estimate of drug-likeness (QED) is 0.779. The van der Waals surface area contributed by atoms with Crippen LogP contribution in [0.15, 0.2) is 54.6 Å². The highest BCUT2D eigenvalue weighted by molar-refractivity contribution is 5.95. The van der Waals surface area contributed by atoms with E-state index in [-0.39, 0.29) is 18.4 Å². The zero-order chi connectivity index (χ0) is 15.6. The second-order valence-corrected chi connectivity index (χ2v) is 6.03. The van der Waals surface area contributed by atoms with E-state index < -0.39 is 5.60 Å². The van der Waals surface area contributed by atoms with E-state index in [0.29, 0.717) is 5.56 Å². The number of cyclic esters (lactones) is 1. The highest BCUT2D eigenvalue weighted by Crippen LogP contribution is 2.45. The smallest absolute Gasteiger partial charge is 0.339 e. The molecular weight excluding hydrogens is 310 g/mol. The van der Waals surface area contributed by atoms with E-state index in [4.69, 9.17) is 4.74 Å². The zero-order valence-corrected chi connectivity index (χ0v) is 14.3. The highest BCUT2D eigenvalue weighted by atomic mass is 35.5. The van der Waals surface area contributed by atoms with E-state index in [2.05, 4.69) is 19.0 Å². The molecule has 0 saturated carbocycles. The van der Waals surface area contributed by atoms with Crippen LogP contribution in [0.1, 0.15) is 34.3 Å². The molecular formula is C19H22ClNO2. The van der Waals surface area contributed by atoms with E-state index in [1.165, 1.54) is 0 Å². The number of nitrogens with zero attached hydrogens (tertiary/aromatic N) is 1. The average Bonchev–Trinajstić information content (AvgIpc) is 2.82. The fourth-order valence-corrected chi connectivity index (χ4v) is 3.18. The van der Waals surface area contributed by atoms with Gasteiger partial charge in [-0.2, -0.15) is 0 Å². The van der Waals surface area contributed by atoms with Crippen molar-refractivity contribution in [1.82, 2.24) is 4.90 Å². The Morgan fingerprint density at radius 1 is 1.00 bits per heavy atom. The molecule has 0 spiro atoms. The third kappa shape index (κ3) is 3.26. The van der Waals surface area contributed by atoms with Gasteiger partial charge < -0.3 is 9.64 Å². The first-order valence-electron chi connectivity index (χ1n) is 7.66. The summed E-state index contributed by atoms with van der Waals surface area (Å²) in [6.07, 6.45) is 1.75. The van der Waals surface area contributed by atoms with Crippen molar-refractivity contribution in [3.05, 3.63) is 71.3 Å². The van der Waals surface area contributed by atoms with Crippen LogP contribution in [0.2, 0.25) is 0 Å². The van der Waals surface area contributed by atoms with Gasteiger partial charge in [-0.05, 0) is 39.5 Å². The summed E-state index contributed by atoms with van der Waals surface area (Å²) in [6, 6.07) is 17.8. The Labute approximate surface area is 143 Å². The number of hydrogen-bond acceptors (Lipinski definition) is 3. The number of carbonyl (C=O) groups is 1. The molecule has 3 nitrogen and oxygen atoms in total. The lowest BCUT2D eigenvalue weighted by molar-refractivity contribution is 0.00584. The maximum absolute atomic E-state index is 12.3. The van der Waals surface area contributed by atoms with Crippen LogP contribution in [0.3, 0.4) is 0 Å². The summed E-state index contributed by atoms with van der Waals surface area (Å²) in [5.41, 5.74) is 2.08. The van der Waals surface area contributed by atoms with Crippen molar-refractivity contribution in [3.8, 4) is 0 Å². The van der Waals surface area contributed by atoms with Crippen molar-refractivity contribution >= 4 is 18.4 Å². The lowest BCUT2D eigenvalue weighted by atomic mass is 9.82. The lowest BCUT2D eigenvalue weighted by Gasteiger charge is -2.30. The Kier molecular flexibility index (Phi) is 5.45.